The molecule has 1 aliphatic heterocycles. The molecule has 1 rings (SSSR count). The average molecular weight is 184 g/mol. The molecule has 1 aliphatic rings. The highest BCUT2D eigenvalue weighted by atomic mass is 15.4. The van der Waals surface area contributed by atoms with Gasteiger partial charge >= 0.3 is 0 Å². The summed E-state index contributed by atoms with van der Waals surface area (Å²) in [4.78, 5) is 5.18. The molecule has 1 heterocycles. The molecule has 13 heavy (non-hydrogen) atoms. The summed E-state index contributed by atoms with van der Waals surface area (Å²) in [7, 11) is 0. The fourth-order valence-electron chi connectivity index (χ4n) is 2.16. The topological polar surface area (TPSA) is 6.48 Å². The average Bonchev–Trinajstić information content (AvgIpc) is 2.56. The van der Waals surface area contributed by atoms with Crippen molar-refractivity contribution in [3.05, 3.63) is 0 Å². The zero-order chi connectivity index (χ0) is 9.84. The van der Waals surface area contributed by atoms with E-state index in [0.29, 0.717) is 6.04 Å². The minimum Gasteiger partial charge on any atom is -0.287 e. The molecule has 1 fully saturated rings. The van der Waals surface area contributed by atoms with Crippen LogP contribution in [0.4, 0.5) is 0 Å². The van der Waals surface area contributed by atoms with Gasteiger partial charge in [-0.25, -0.2) is 0 Å². The predicted molar refractivity (Wildman–Crippen MR) is 57.8 cm³/mol. The van der Waals surface area contributed by atoms with Crippen molar-refractivity contribution in [1.29, 1.82) is 0 Å². The molecule has 0 aromatic carbocycles. The summed E-state index contributed by atoms with van der Waals surface area (Å²) in [6.07, 6.45) is 2.59. The van der Waals surface area contributed by atoms with Crippen LogP contribution in [0.1, 0.15) is 40.5 Å². The second-order valence-corrected chi connectivity index (χ2v) is 4.33. The molecule has 0 radical (unpaired) electrons. The van der Waals surface area contributed by atoms with E-state index in [1.54, 1.807) is 0 Å². The maximum absolute atomic E-state index is 2.62. The summed E-state index contributed by atoms with van der Waals surface area (Å²) in [6.45, 7) is 12.9. The summed E-state index contributed by atoms with van der Waals surface area (Å²) in [6, 6.07) is 1.52. The van der Waals surface area contributed by atoms with Crippen molar-refractivity contribution < 1.29 is 0 Å². The summed E-state index contributed by atoms with van der Waals surface area (Å²) in [5, 5.41) is 0. The Morgan fingerprint density at radius 1 is 1.00 bits per heavy atom. The van der Waals surface area contributed by atoms with Gasteiger partial charge in [0.15, 0.2) is 0 Å². The van der Waals surface area contributed by atoms with Crippen LogP contribution in [0.15, 0.2) is 0 Å². The van der Waals surface area contributed by atoms with Gasteiger partial charge in [-0.15, -0.1) is 0 Å². The van der Waals surface area contributed by atoms with E-state index in [-0.39, 0.29) is 0 Å². The van der Waals surface area contributed by atoms with Crippen LogP contribution in [0.2, 0.25) is 0 Å². The van der Waals surface area contributed by atoms with E-state index in [2.05, 4.69) is 37.5 Å². The molecule has 0 aromatic heterocycles. The molecular formula is C11H24N2. The normalized spacial score (nSPS) is 20.8. The van der Waals surface area contributed by atoms with E-state index in [9.17, 15) is 0 Å². The van der Waals surface area contributed by atoms with Crippen molar-refractivity contribution in [2.24, 2.45) is 0 Å². The van der Waals surface area contributed by atoms with Gasteiger partial charge in [0.2, 0.25) is 0 Å². The second-order valence-electron chi connectivity index (χ2n) is 4.33. The Morgan fingerprint density at radius 2 is 1.54 bits per heavy atom. The van der Waals surface area contributed by atoms with Crippen molar-refractivity contribution in [2.45, 2.75) is 52.6 Å². The fourth-order valence-corrected chi connectivity index (χ4v) is 2.16. The minimum absolute atomic E-state index is 0.708. The first kappa shape index (κ1) is 11.0. The Morgan fingerprint density at radius 3 is 1.92 bits per heavy atom. The van der Waals surface area contributed by atoms with Crippen LogP contribution in [0, 0.1) is 0 Å². The molecule has 0 unspecified atom stereocenters. The third-order valence-corrected chi connectivity index (χ3v) is 3.23. The fraction of sp³-hybridized carbons (Fsp3) is 1.00. The Bertz CT molecular complexity index is 141. The molecule has 2 heteroatoms. The lowest BCUT2D eigenvalue weighted by atomic mass is 10.1. The maximum Gasteiger partial charge on any atom is 0.0512 e. The van der Waals surface area contributed by atoms with E-state index in [0.717, 1.165) is 6.04 Å². The molecule has 0 spiro atoms. The van der Waals surface area contributed by atoms with Gasteiger partial charge in [0.1, 0.15) is 0 Å². The summed E-state index contributed by atoms with van der Waals surface area (Å²) < 4.78 is 0. The summed E-state index contributed by atoms with van der Waals surface area (Å²) in [5.41, 5.74) is 0. The molecule has 0 aromatic rings. The first-order valence-electron chi connectivity index (χ1n) is 5.67. The molecule has 0 saturated carbocycles. The molecule has 0 bridgehead atoms. The monoisotopic (exact) mass is 184 g/mol. The van der Waals surface area contributed by atoms with Gasteiger partial charge < -0.3 is 0 Å². The molecule has 0 atom stereocenters. The summed E-state index contributed by atoms with van der Waals surface area (Å²) >= 11 is 0. The van der Waals surface area contributed by atoms with Gasteiger partial charge in [-0.05, 0) is 26.7 Å². The quantitative estimate of drug-likeness (QED) is 0.660. The van der Waals surface area contributed by atoms with E-state index >= 15 is 0 Å². The van der Waals surface area contributed by atoms with Gasteiger partial charge in [-0.3, -0.25) is 9.80 Å². The van der Waals surface area contributed by atoms with Crippen molar-refractivity contribution >= 4 is 0 Å². The first-order valence-corrected chi connectivity index (χ1v) is 5.67. The maximum atomic E-state index is 2.62. The van der Waals surface area contributed by atoms with Crippen molar-refractivity contribution in [1.82, 2.24) is 9.80 Å². The number of rotatable bonds is 4. The highest BCUT2D eigenvalue weighted by Crippen LogP contribution is 2.15. The Hall–Kier alpha value is -0.0800. The second kappa shape index (κ2) is 4.97. The minimum atomic E-state index is 0.708. The van der Waals surface area contributed by atoms with Crippen molar-refractivity contribution in [3.63, 3.8) is 0 Å². The Balaban J connectivity index is 2.39. The van der Waals surface area contributed by atoms with Crippen LogP contribution < -0.4 is 0 Å². The number of nitrogens with zero attached hydrogens (tertiary/aromatic N) is 2. The highest BCUT2D eigenvalue weighted by Gasteiger charge is 2.25. The van der Waals surface area contributed by atoms with Crippen LogP contribution in [-0.2, 0) is 0 Å². The molecular weight excluding hydrogens is 160 g/mol. The summed E-state index contributed by atoms with van der Waals surface area (Å²) in [5.74, 6) is 0. The molecule has 0 aliphatic carbocycles. The molecule has 0 amide bonds. The van der Waals surface area contributed by atoms with E-state index < -0.39 is 0 Å². The third-order valence-electron chi connectivity index (χ3n) is 3.23. The van der Waals surface area contributed by atoms with Crippen LogP contribution in [0.5, 0.6) is 0 Å². The zero-order valence-corrected chi connectivity index (χ0v) is 9.58. The van der Waals surface area contributed by atoms with Gasteiger partial charge in [0, 0.05) is 25.2 Å². The molecule has 0 N–H and O–H groups in total. The number of hydrogen-bond acceptors (Lipinski definition) is 2. The van der Waals surface area contributed by atoms with E-state index in [1.807, 2.05) is 0 Å². The van der Waals surface area contributed by atoms with Crippen LogP contribution in [0.3, 0.4) is 0 Å². The standard InChI is InChI=1S/C11H24N2/c1-5-11(6-2)13-8-7-12(9-13)10(3)4/h10-11H,5-9H2,1-4H3. The lowest BCUT2D eigenvalue weighted by molar-refractivity contribution is 0.165. The van der Waals surface area contributed by atoms with Gasteiger partial charge in [-0.1, -0.05) is 13.8 Å². The largest absolute Gasteiger partial charge is 0.287 e. The van der Waals surface area contributed by atoms with Gasteiger partial charge in [-0.2, -0.15) is 0 Å². The molecule has 78 valence electrons. The smallest absolute Gasteiger partial charge is 0.0512 e. The first-order chi connectivity index (χ1) is 6.19. The number of hydrogen-bond donors (Lipinski definition) is 0. The van der Waals surface area contributed by atoms with Crippen molar-refractivity contribution in [3.8, 4) is 0 Å². The van der Waals surface area contributed by atoms with E-state index in [4.69, 9.17) is 0 Å². The Labute approximate surface area is 82.9 Å². The highest BCUT2D eigenvalue weighted by molar-refractivity contribution is 4.78. The lowest BCUT2D eigenvalue weighted by Crippen LogP contribution is -2.36. The van der Waals surface area contributed by atoms with Crippen molar-refractivity contribution in [2.75, 3.05) is 19.8 Å². The predicted octanol–water partition coefficient (Wildman–Crippen LogP) is 2.16. The van der Waals surface area contributed by atoms with E-state index in [1.165, 1.54) is 32.6 Å². The van der Waals surface area contributed by atoms with Crippen LogP contribution >= 0.6 is 0 Å². The van der Waals surface area contributed by atoms with Gasteiger partial charge in [0.25, 0.3) is 0 Å². The molecule has 2 nitrogen and oxygen atoms in total. The van der Waals surface area contributed by atoms with Crippen LogP contribution in [0.25, 0.3) is 0 Å². The Kier molecular flexibility index (Phi) is 4.20. The lowest BCUT2D eigenvalue weighted by Gasteiger charge is -2.27. The zero-order valence-electron chi connectivity index (χ0n) is 9.58. The third kappa shape index (κ3) is 2.68. The van der Waals surface area contributed by atoms with Gasteiger partial charge in [0.05, 0.1) is 6.67 Å². The van der Waals surface area contributed by atoms with Crippen LogP contribution in [-0.4, -0.2) is 41.6 Å². The SMILES string of the molecule is CCC(CC)N1CCN(C(C)C)C1. The molecule has 1 saturated heterocycles.